The van der Waals surface area contributed by atoms with Crippen LogP contribution < -0.4 is 9.80 Å². The quantitative estimate of drug-likeness (QED) is 0.147. The van der Waals surface area contributed by atoms with E-state index < -0.39 is 35.0 Å². The lowest BCUT2D eigenvalue weighted by Gasteiger charge is -2.51. The molecule has 5 aromatic carbocycles. The predicted molar refractivity (Wildman–Crippen MR) is 200 cm³/mol. The first kappa shape index (κ1) is 32.4. The molecule has 4 amide bonds. The Morgan fingerprint density at radius 3 is 2.19 bits per heavy atom. The van der Waals surface area contributed by atoms with Crippen LogP contribution in [0.25, 0.3) is 10.8 Å². The molecule has 258 valence electrons. The molecule has 4 aliphatic rings. The Morgan fingerprint density at radius 2 is 1.46 bits per heavy atom. The van der Waals surface area contributed by atoms with Crippen LogP contribution in [0.5, 0.6) is 5.75 Å². The van der Waals surface area contributed by atoms with E-state index in [1.165, 1.54) is 9.80 Å². The number of carbonyl (C=O) groups is 4. The van der Waals surface area contributed by atoms with E-state index in [9.17, 15) is 14.7 Å². The minimum atomic E-state index is -1.41. The molecule has 1 saturated carbocycles. The summed E-state index contributed by atoms with van der Waals surface area (Å²) in [5, 5.41) is 12.8. The molecule has 7 nitrogen and oxygen atoms in total. The third-order valence-corrected chi connectivity index (χ3v) is 12.3. The first-order valence-corrected chi connectivity index (χ1v) is 18.2. The van der Waals surface area contributed by atoms with Gasteiger partial charge in [-0.05, 0) is 83.7 Å². The molecular weight excluding hydrogens is 672 g/mol. The Kier molecular flexibility index (Phi) is 7.49. The van der Waals surface area contributed by atoms with E-state index >= 15 is 9.59 Å². The minimum absolute atomic E-state index is 0.102. The zero-order valence-corrected chi connectivity index (χ0v) is 29.2. The van der Waals surface area contributed by atoms with E-state index in [2.05, 4.69) is 13.0 Å². The van der Waals surface area contributed by atoms with E-state index in [0.717, 1.165) is 28.5 Å². The first-order chi connectivity index (χ1) is 25.2. The summed E-state index contributed by atoms with van der Waals surface area (Å²) in [6.45, 7) is 2.05. The number of amides is 4. The van der Waals surface area contributed by atoms with Gasteiger partial charge < -0.3 is 5.11 Å². The van der Waals surface area contributed by atoms with E-state index in [-0.39, 0.29) is 35.8 Å². The summed E-state index contributed by atoms with van der Waals surface area (Å²) >= 11 is 6.44. The van der Waals surface area contributed by atoms with Crippen molar-refractivity contribution >= 4 is 57.4 Å². The Bertz CT molecular complexity index is 2350. The number of aromatic hydroxyl groups is 1. The maximum Gasteiger partial charge on any atom is 0.246 e. The zero-order chi connectivity index (χ0) is 35.9. The van der Waals surface area contributed by atoms with Gasteiger partial charge in [0.2, 0.25) is 23.6 Å². The maximum atomic E-state index is 15.5. The van der Waals surface area contributed by atoms with Crippen LogP contribution in [0, 0.1) is 23.7 Å². The lowest BCUT2D eigenvalue weighted by molar-refractivity contribution is -0.127. The molecule has 6 atom stereocenters. The number of imide groups is 2. The van der Waals surface area contributed by atoms with Gasteiger partial charge in [-0.25, -0.2) is 4.90 Å². The number of carbonyl (C=O) groups excluding carboxylic acids is 4. The fourth-order valence-corrected chi connectivity index (χ4v) is 9.97. The van der Waals surface area contributed by atoms with Crippen LogP contribution in [0.2, 0.25) is 5.02 Å². The van der Waals surface area contributed by atoms with Gasteiger partial charge in [0.1, 0.15) is 5.75 Å². The van der Waals surface area contributed by atoms with Crippen molar-refractivity contribution in [3.63, 3.8) is 0 Å². The molecule has 3 fully saturated rings. The lowest BCUT2D eigenvalue weighted by atomic mass is 9.49. The number of fused-ring (bicyclic) bond motifs is 5. The van der Waals surface area contributed by atoms with E-state index in [1.54, 1.807) is 30.3 Å². The average molecular weight is 707 g/mol. The van der Waals surface area contributed by atoms with Crippen LogP contribution >= 0.6 is 11.6 Å². The number of halogens is 1. The number of hydrogen-bond acceptors (Lipinski definition) is 5. The van der Waals surface area contributed by atoms with Crippen molar-refractivity contribution in [3.05, 3.63) is 149 Å². The number of phenols is 1. The molecule has 2 heterocycles. The molecule has 0 aromatic heterocycles. The van der Waals surface area contributed by atoms with Crippen molar-refractivity contribution in [1.82, 2.24) is 0 Å². The predicted octanol–water partition coefficient (Wildman–Crippen LogP) is 8.13. The molecule has 8 heteroatoms. The summed E-state index contributed by atoms with van der Waals surface area (Å²) in [7, 11) is 0. The average Bonchev–Trinajstić information content (AvgIpc) is 3.56. The van der Waals surface area contributed by atoms with Crippen LogP contribution in [0.3, 0.4) is 0 Å². The van der Waals surface area contributed by atoms with Crippen molar-refractivity contribution in [2.45, 2.75) is 37.5 Å². The highest BCUT2D eigenvalue weighted by molar-refractivity contribution is 6.32. The van der Waals surface area contributed by atoms with Crippen molar-refractivity contribution in [3.8, 4) is 5.75 Å². The van der Waals surface area contributed by atoms with Gasteiger partial charge in [-0.2, -0.15) is 0 Å². The number of nitrogens with zero attached hydrogens (tertiary/aromatic N) is 2. The van der Waals surface area contributed by atoms with Gasteiger partial charge in [-0.1, -0.05) is 109 Å². The summed E-state index contributed by atoms with van der Waals surface area (Å²) < 4.78 is 0. The monoisotopic (exact) mass is 706 g/mol. The molecule has 0 radical (unpaired) electrons. The van der Waals surface area contributed by atoms with Crippen LogP contribution in [-0.2, 0) is 31.0 Å². The summed E-state index contributed by atoms with van der Waals surface area (Å²) in [5.41, 5.74) is 2.95. The fourth-order valence-electron chi connectivity index (χ4n) is 9.78. The Hall–Kier alpha value is -5.53. The fraction of sp³-hybridized carbons (Fsp3) is 0.227. The smallest absolute Gasteiger partial charge is 0.246 e. The number of allylic oxidation sites excluding steroid dienone is 2. The summed E-state index contributed by atoms with van der Waals surface area (Å²) in [4.78, 5) is 62.0. The highest BCUT2D eigenvalue weighted by Crippen LogP contribution is 2.65. The molecule has 6 unspecified atom stereocenters. The first-order valence-electron chi connectivity index (χ1n) is 17.8. The molecule has 2 aliphatic carbocycles. The topological polar surface area (TPSA) is 95.0 Å². The molecule has 9 rings (SSSR count). The molecule has 2 aliphatic heterocycles. The molecular formula is C44H35ClN2O5. The number of hydrogen-bond donors (Lipinski definition) is 1. The van der Waals surface area contributed by atoms with Gasteiger partial charge in [-0.15, -0.1) is 0 Å². The number of phenolic OH excluding ortho intramolecular Hbond substituents is 1. The number of anilines is 2. The van der Waals surface area contributed by atoms with Gasteiger partial charge >= 0.3 is 0 Å². The van der Waals surface area contributed by atoms with Gasteiger partial charge in [0.15, 0.2) is 0 Å². The van der Waals surface area contributed by atoms with Crippen molar-refractivity contribution in [2.24, 2.45) is 23.7 Å². The summed E-state index contributed by atoms with van der Waals surface area (Å²) in [6, 6.07) is 34.8. The largest absolute Gasteiger partial charge is 0.507 e. The highest BCUT2D eigenvalue weighted by Gasteiger charge is 2.70. The van der Waals surface area contributed by atoms with Crippen molar-refractivity contribution < 1.29 is 24.3 Å². The number of benzene rings is 5. The van der Waals surface area contributed by atoms with Gasteiger partial charge in [-0.3, -0.25) is 24.1 Å². The van der Waals surface area contributed by atoms with E-state index in [0.29, 0.717) is 33.8 Å². The Morgan fingerprint density at radius 1 is 0.731 bits per heavy atom. The third-order valence-electron chi connectivity index (χ3n) is 12.0. The maximum absolute atomic E-state index is 15.5. The van der Waals surface area contributed by atoms with E-state index in [4.69, 9.17) is 11.6 Å². The summed E-state index contributed by atoms with van der Waals surface area (Å²) in [6.07, 6.45) is 3.43. The van der Waals surface area contributed by atoms with E-state index in [1.807, 2.05) is 84.9 Å². The normalized spacial score (nSPS) is 26.7. The van der Waals surface area contributed by atoms with Crippen molar-refractivity contribution in [1.29, 1.82) is 0 Å². The minimum Gasteiger partial charge on any atom is -0.507 e. The van der Waals surface area contributed by atoms with Crippen LogP contribution in [-0.4, -0.2) is 28.7 Å². The SMILES string of the molecule is CCc1ccc(N2C(=O)C3CC=C4C(CC5C(=O)N(c6cccc(Cl)c6)C(=O)C5(c5ccccc5)C4c4ccc(O)c5ccccc45)C3C2=O)cc1. The molecule has 0 bridgehead atoms. The molecule has 52 heavy (non-hydrogen) atoms. The zero-order valence-electron chi connectivity index (χ0n) is 28.4. The lowest BCUT2D eigenvalue weighted by Crippen LogP contribution is -2.53. The Labute approximate surface area is 306 Å². The molecule has 1 N–H and O–H groups in total. The Balaban J connectivity index is 1.29. The number of rotatable bonds is 5. The van der Waals surface area contributed by atoms with Crippen LogP contribution in [0.1, 0.15) is 42.4 Å². The second kappa shape index (κ2) is 12.0. The van der Waals surface area contributed by atoms with Crippen molar-refractivity contribution in [2.75, 3.05) is 9.80 Å². The van der Waals surface area contributed by atoms with Gasteiger partial charge in [0, 0.05) is 16.3 Å². The highest BCUT2D eigenvalue weighted by atomic mass is 35.5. The molecule has 0 spiro atoms. The summed E-state index contributed by atoms with van der Waals surface area (Å²) in [5.74, 6) is -4.52. The third kappa shape index (κ3) is 4.45. The van der Waals surface area contributed by atoms with Crippen LogP contribution in [0.15, 0.2) is 127 Å². The second-order valence-corrected chi connectivity index (χ2v) is 14.8. The van der Waals surface area contributed by atoms with Crippen LogP contribution in [0.4, 0.5) is 11.4 Å². The standard InChI is InChI=1S/C44H35ClN2O5/c1-2-25-15-17-28(18-16-25)46-40(49)34-20-19-33-35(38(34)42(46)51)24-36-41(50)47(29-12-8-11-27(45)23-29)43(52)44(36,26-9-4-3-5-10-26)39(33)32-21-22-37(48)31-14-7-6-13-30(31)32/h3-19,21-23,34-36,38-39,48H,2,20,24H2,1H3. The number of aryl methyl sites for hydroxylation is 1. The van der Waals surface area contributed by atoms with Gasteiger partial charge in [0.05, 0.1) is 34.5 Å². The molecule has 5 aromatic rings. The second-order valence-electron chi connectivity index (χ2n) is 14.3. The van der Waals surface area contributed by atoms with Gasteiger partial charge in [0.25, 0.3) is 0 Å². The molecule has 2 saturated heterocycles.